The van der Waals surface area contributed by atoms with Crippen LogP contribution >= 0.6 is 0 Å². The SMILES string of the molecule is CCOC(=O)CC(NS(=O)C(C)(C)C)C12CC(c3ccc(F)cc3)(C1)C2. The van der Waals surface area contributed by atoms with Crippen molar-refractivity contribution in [3.8, 4) is 0 Å². The van der Waals surface area contributed by atoms with Crippen molar-refractivity contribution in [1.82, 2.24) is 4.72 Å². The molecule has 6 heteroatoms. The van der Waals surface area contributed by atoms with Crippen LogP contribution in [-0.4, -0.2) is 27.6 Å². The number of nitrogens with one attached hydrogen (secondary N) is 1. The molecule has 0 amide bonds. The molecule has 3 aliphatic carbocycles. The molecule has 2 bridgehead atoms. The maximum atomic E-state index is 13.2. The van der Waals surface area contributed by atoms with Crippen molar-refractivity contribution in [3.05, 3.63) is 35.6 Å². The fourth-order valence-electron chi connectivity index (χ4n) is 4.42. The maximum absolute atomic E-state index is 13.2. The van der Waals surface area contributed by atoms with Crippen molar-refractivity contribution < 1.29 is 18.1 Å². The van der Waals surface area contributed by atoms with Crippen LogP contribution in [0.3, 0.4) is 0 Å². The fraction of sp³-hybridized carbons (Fsp3) is 0.650. The number of esters is 1. The molecule has 2 unspecified atom stereocenters. The van der Waals surface area contributed by atoms with E-state index in [0.29, 0.717) is 6.61 Å². The summed E-state index contributed by atoms with van der Waals surface area (Å²) >= 11 is 0. The van der Waals surface area contributed by atoms with E-state index in [4.69, 9.17) is 4.74 Å². The van der Waals surface area contributed by atoms with Crippen molar-refractivity contribution in [3.63, 3.8) is 0 Å². The third kappa shape index (κ3) is 3.46. The van der Waals surface area contributed by atoms with Crippen molar-refractivity contribution in [1.29, 1.82) is 0 Å². The lowest BCUT2D eigenvalue weighted by atomic mass is 9.31. The zero-order valence-electron chi connectivity index (χ0n) is 15.9. The monoisotopic (exact) mass is 381 g/mol. The highest BCUT2D eigenvalue weighted by molar-refractivity contribution is 7.84. The molecule has 0 aliphatic heterocycles. The van der Waals surface area contributed by atoms with Gasteiger partial charge >= 0.3 is 5.97 Å². The summed E-state index contributed by atoms with van der Waals surface area (Å²) in [6.45, 7) is 7.89. The van der Waals surface area contributed by atoms with Gasteiger partial charge in [-0.25, -0.2) is 13.3 Å². The van der Waals surface area contributed by atoms with E-state index in [-0.39, 0.29) is 35.1 Å². The molecule has 1 aromatic rings. The molecule has 0 spiro atoms. The average molecular weight is 382 g/mol. The van der Waals surface area contributed by atoms with E-state index in [1.54, 1.807) is 6.92 Å². The summed E-state index contributed by atoms with van der Waals surface area (Å²) in [5.41, 5.74) is 1.22. The van der Waals surface area contributed by atoms with Gasteiger partial charge in [0, 0.05) is 6.04 Å². The van der Waals surface area contributed by atoms with E-state index < -0.39 is 15.7 Å². The first-order chi connectivity index (χ1) is 12.1. The first-order valence-electron chi connectivity index (χ1n) is 9.20. The molecule has 0 saturated heterocycles. The Kier molecular flexibility index (Phi) is 5.03. The predicted octanol–water partition coefficient (Wildman–Crippen LogP) is 3.62. The normalized spacial score (nSPS) is 29.3. The van der Waals surface area contributed by atoms with Gasteiger partial charge in [0.1, 0.15) is 5.82 Å². The number of ether oxygens (including phenoxy) is 1. The number of rotatable bonds is 7. The second-order valence-corrected chi connectivity index (χ2v) is 10.7. The third-order valence-electron chi connectivity index (χ3n) is 5.75. The van der Waals surface area contributed by atoms with Crippen molar-refractivity contribution in [2.24, 2.45) is 5.41 Å². The van der Waals surface area contributed by atoms with E-state index in [1.165, 1.54) is 12.1 Å². The van der Waals surface area contributed by atoms with Gasteiger partial charge in [-0.15, -0.1) is 0 Å². The van der Waals surface area contributed by atoms with Crippen LogP contribution in [0.2, 0.25) is 0 Å². The highest BCUT2D eigenvalue weighted by Gasteiger charge is 2.71. The Balaban J connectivity index is 1.72. The van der Waals surface area contributed by atoms with E-state index >= 15 is 0 Å². The minimum Gasteiger partial charge on any atom is -0.466 e. The minimum atomic E-state index is -1.25. The van der Waals surface area contributed by atoms with Gasteiger partial charge in [0.2, 0.25) is 0 Å². The van der Waals surface area contributed by atoms with E-state index in [9.17, 15) is 13.4 Å². The van der Waals surface area contributed by atoms with Crippen LogP contribution in [0.4, 0.5) is 4.39 Å². The number of hydrogen-bond acceptors (Lipinski definition) is 3. The van der Waals surface area contributed by atoms with Crippen molar-refractivity contribution in [2.75, 3.05) is 6.61 Å². The van der Waals surface area contributed by atoms with Gasteiger partial charge < -0.3 is 4.74 Å². The molecule has 1 aromatic carbocycles. The van der Waals surface area contributed by atoms with Crippen molar-refractivity contribution in [2.45, 2.75) is 69.6 Å². The van der Waals surface area contributed by atoms with Gasteiger partial charge in [-0.05, 0) is 75.5 Å². The highest BCUT2D eigenvalue weighted by atomic mass is 32.2. The van der Waals surface area contributed by atoms with E-state index in [1.807, 2.05) is 32.9 Å². The topological polar surface area (TPSA) is 55.4 Å². The smallest absolute Gasteiger partial charge is 0.307 e. The maximum Gasteiger partial charge on any atom is 0.307 e. The lowest BCUT2D eigenvalue weighted by Gasteiger charge is -2.73. The number of carbonyl (C=O) groups excluding carboxylic acids is 1. The van der Waals surface area contributed by atoms with Gasteiger partial charge in [-0.1, -0.05) is 12.1 Å². The Morgan fingerprint density at radius 3 is 2.35 bits per heavy atom. The average Bonchev–Trinajstić information content (AvgIpc) is 2.45. The zero-order valence-corrected chi connectivity index (χ0v) is 16.7. The zero-order chi connectivity index (χ0) is 19.2. The summed E-state index contributed by atoms with van der Waals surface area (Å²) in [4.78, 5) is 12.1. The number of hydrogen-bond donors (Lipinski definition) is 1. The molecule has 0 aromatic heterocycles. The van der Waals surface area contributed by atoms with Crippen LogP contribution in [0.15, 0.2) is 24.3 Å². The summed E-state index contributed by atoms with van der Waals surface area (Å²) in [5.74, 6) is -0.478. The molecule has 144 valence electrons. The van der Waals surface area contributed by atoms with Gasteiger partial charge in [0.25, 0.3) is 0 Å². The molecule has 3 saturated carbocycles. The minimum absolute atomic E-state index is 0.0257. The van der Waals surface area contributed by atoms with Crippen molar-refractivity contribution >= 4 is 17.0 Å². The molecule has 0 radical (unpaired) electrons. The third-order valence-corrected chi connectivity index (χ3v) is 7.36. The molecule has 2 atom stereocenters. The largest absolute Gasteiger partial charge is 0.466 e. The molecule has 26 heavy (non-hydrogen) atoms. The number of benzene rings is 1. The fourth-order valence-corrected chi connectivity index (χ4v) is 5.37. The van der Waals surface area contributed by atoms with Crippen LogP contribution in [0, 0.1) is 11.2 Å². The Bertz CT molecular complexity index is 691. The van der Waals surface area contributed by atoms with E-state index in [0.717, 1.165) is 24.8 Å². The Morgan fingerprint density at radius 2 is 1.85 bits per heavy atom. The molecule has 0 heterocycles. The van der Waals surface area contributed by atoms with Gasteiger partial charge in [-0.3, -0.25) is 4.79 Å². The summed E-state index contributed by atoms with van der Waals surface area (Å²) in [5, 5.41) is 0. The second kappa shape index (κ2) is 6.71. The molecule has 3 fully saturated rings. The van der Waals surface area contributed by atoms with Crippen LogP contribution in [0.25, 0.3) is 0 Å². The van der Waals surface area contributed by atoms with Gasteiger partial charge in [0.05, 0.1) is 28.8 Å². The predicted molar refractivity (Wildman–Crippen MR) is 100 cm³/mol. The summed E-state index contributed by atoms with van der Waals surface area (Å²) in [7, 11) is -1.25. The molecular formula is C20H28FNO3S. The molecule has 4 nitrogen and oxygen atoms in total. The highest BCUT2D eigenvalue weighted by Crippen LogP contribution is 2.75. The van der Waals surface area contributed by atoms with Crippen LogP contribution < -0.4 is 4.72 Å². The first-order valence-corrected chi connectivity index (χ1v) is 10.3. The summed E-state index contributed by atoms with van der Waals surface area (Å²) in [6.07, 6.45) is 3.04. The van der Waals surface area contributed by atoms with E-state index in [2.05, 4.69) is 4.72 Å². The molecule has 1 N–H and O–H groups in total. The second-order valence-electron chi connectivity index (χ2n) is 8.74. The quantitative estimate of drug-likeness (QED) is 0.734. The lowest BCUT2D eigenvalue weighted by Crippen LogP contribution is -2.72. The molecular weight excluding hydrogens is 353 g/mol. The van der Waals surface area contributed by atoms with Crippen LogP contribution in [0.1, 0.15) is 58.9 Å². The van der Waals surface area contributed by atoms with Crippen LogP contribution in [-0.2, 0) is 25.9 Å². The first kappa shape index (κ1) is 19.5. The summed E-state index contributed by atoms with van der Waals surface area (Å²) < 4.78 is 33.7. The Labute approximate surface area is 157 Å². The van der Waals surface area contributed by atoms with Gasteiger partial charge in [0.15, 0.2) is 0 Å². The number of halogens is 1. The lowest BCUT2D eigenvalue weighted by molar-refractivity contribution is -0.171. The summed E-state index contributed by atoms with van der Waals surface area (Å²) in [6, 6.07) is 6.57. The number of carbonyl (C=O) groups is 1. The Morgan fingerprint density at radius 1 is 1.27 bits per heavy atom. The van der Waals surface area contributed by atoms with Gasteiger partial charge in [-0.2, -0.15) is 0 Å². The molecule has 4 rings (SSSR count). The Hall–Kier alpha value is -1.27. The molecule has 3 aliphatic rings. The standard InChI is InChI=1S/C20H28FNO3S/c1-5-25-17(23)10-16(22-26(24)18(2,3)4)20-11-19(12-20,13-20)14-6-8-15(21)9-7-14/h6-9,16,22H,5,10-13H2,1-4H3. The van der Waals surface area contributed by atoms with Crippen LogP contribution in [0.5, 0.6) is 0 Å².